The minimum atomic E-state index is -0.717. The van der Waals surface area contributed by atoms with E-state index in [0.29, 0.717) is 28.8 Å². The molecule has 1 heterocycles. The topological polar surface area (TPSA) is 73.7 Å². The molecule has 0 aliphatic heterocycles. The Balaban J connectivity index is 1.93. The number of esters is 1. The van der Waals surface area contributed by atoms with Gasteiger partial charge in [-0.15, -0.1) is 0 Å². The molecule has 2 aromatic carbocycles. The lowest BCUT2D eigenvalue weighted by Gasteiger charge is -2.21. The molecule has 1 aliphatic carbocycles. The molecule has 0 saturated heterocycles. The highest BCUT2D eigenvalue weighted by atomic mass is 16.5. The lowest BCUT2D eigenvalue weighted by molar-refractivity contribution is -0.142. The summed E-state index contributed by atoms with van der Waals surface area (Å²) in [6, 6.07) is 7.97. The monoisotopic (exact) mass is 489 g/mol. The van der Waals surface area contributed by atoms with Gasteiger partial charge in [0.1, 0.15) is 17.1 Å². The Morgan fingerprint density at radius 3 is 2.56 bits per heavy atom. The van der Waals surface area contributed by atoms with E-state index < -0.39 is 5.41 Å². The first kappa shape index (κ1) is 25.5. The van der Waals surface area contributed by atoms with Crippen LogP contribution < -0.4 is 9.47 Å². The number of hydrogen-bond acceptors (Lipinski definition) is 5. The molecule has 7 nitrogen and oxygen atoms in total. The van der Waals surface area contributed by atoms with Gasteiger partial charge in [-0.05, 0) is 70.2 Å². The number of aryl methyl sites for hydroxylation is 3. The fourth-order valence-electron chi connectivity index (χ4n) is 4.58. The second-order valence-electron chi connectivity index (χ2n) is 10.6. The summed E-state index contributed by atoms with van der Waals surface area (Å²) in [5, 5.41) is 0. The SMILES string of the molecule is COc1cccc2c1C(=CCc1c(C(=O)N(C)C)cc3c(nc(C)n3C)c1OC(=O)C(C)(C)C)CC2. The average molecular weight is 490 g/mol. The summed E-state index contributed by atoms with van der Waals surface area (Å²) < 4.78 is 13.6. The second-order valence-corrected chi connectivity index (χ2v) is 10.6. The van der Waals surface area contributed by atoms with Crippen molar-refractivity contribution in [3.8, 4) is 11.5 Å². The van der Waals surface area contributed by atoms with Crippen molar-refractivity contribution >= 4 is 28.5 Å². The van der Waals surface area contributed by atoms with Crippen LogP contribution in [-0.2, 0) is 24.7 Å². The highest BCUT2D eigenvalue weighted by Gasteiger charge is 2.30. The van der Waals surface area contributed by atoms with E-state index in [4.69, 9.17) is 14.5 Å². The Labute approximate surface area is 212 Å². The molecule has 1 aliphatic rings. The van der Waals surface area contributed by atoms with Crippen molar-refractivity contribution in [2.75, 3.05) is 21.2 Å². The van der Waals surface area contributed by atoms with Crippen LogP contribution in [0.15, 0.2) is 30.3 Å². The molecule has 4 rings (SSSR count). The number of carbonyl (C=O) groups excluding carboxylic acids is 2. The van der Waals surface area contributed by atoms with Gasteiger partial charge >= 0.3 is 5.97 Å². The Kier molecular flexibility index (Phi) is 6.69. The van der Waals surface area contributed by atoms with Crippen LogP contribution in [0.3, 0.4) is 0 Å². The van der Waals surface area contributed by atoms with Crippen LogP contribution in [0.25, 0.3) is 16.6 Å². The Morgan fingerprint density at radius 2 is 1.92 bits per heavy atom. The molecule has 0 radical (unpaired) electrons. The molecule has 36 heavy (non-hydrogen) atoms. The van der Waals surface area contributed by atoms with Crippen molar-refractivity contribution in [3.05, 3.63) is 58.4 Å². The van der Waals surface area contributed by atoms with Crippen LogP contribution in [0.2, 0.25) is 0 Å². The molecule has 0 atom stereocenters. The number of amides is 1. The van der Waals surface area contributed by atoms with Gasteiger partial charge in [-0.3, -0.25) is 9.59 Å². The number of nitrogens with zero attached hydrogens (tertiary/aromatic N) is 3. The number of benzene rings is 2. The lowest BCUT2D eigenvalue weighted by atomic mass is 9.96. The maximum absolute atomic E-state index is 13.4. The zero-order chi connectivity index (χ0) is 26.4. The van der Waals surface area contributed by atoms with Crippen molar-refractivity contribution in [2.45, 2.75) is 47.0 Å². The first-order chi connectivity index (χ1) is 16.9. The Morgan fingerprint density at radius 1 is 1.19 bits per heavy atom. The standard InChI is InChI=1S/C29H35N3O4/c1-17-30-25-22(32(17)7)16-21(27(33)31(5)6)20(26(25)36-28(34)29(2,3)4)15-14-19-13-12-18-10-9-11-23(35-8)24(18)19/h9-11,14,16H,12-13,15H2,1-8H3. The summed E-state index contributed by atoms with van der Waals surface area (Å²) in [4.78, 5) is 32.7. The van der Waals surface area contributed by atoms with E-state index in [9.17, 15) is 9.59 Å². The lowest BCUT2D eigenvalue weighted by Crippen LogP contribution is -2.27. The second kappa shape index (κ2) is 9.45. The first-order valence-electron chi connectivity index (χ1n) is 12.2. The van der Waals surface area contributed by atoms with Gasteiger partial charge in [-0.2, -0.15) is 0 Å². The van der Waals surface area contributed by atoms with Gasteiger partial charge in [0.2, 0.25) is 0 Å². The third kappa shape index (κ3) is 4.50. The minimum absolute atomic E-state index is 0.151. The van der Waals surface area contributed by atoms with E-state index in [-0.39, 0.29) is 11.9 Å². The average Bonchev–Trinajstić information content (AvgIpc) is 3.37. The van der Waals surface area contributed by atoms with Gasteiger partial charge in [0.15, 0.2) is 5.75 Å². The number of imidazole rings is 1. The Bertz CT molecular complexity index is 1390. The molecule has 190 valence electrons. The van der Waals surface area contributed by atoms with E-state index in [1.54, 1.807) is 26.1 Å². The Hall–Kier alpha value is -3.61. The van der Waals surface area contributed by atoms with Crippen molar-refractivity contribution in [2.24, 2.45) is 12.5 Å². The van der Waals surface area contributed by atoms with Crippen LogP contribution in [0, 0.1) is 12.3 Å². The van der Waals surface area contributed by atoms with E-state index in [1.807, 2.05) is 57.5 Å². The number of ether oxygens (including phenoxy) is 2. The number of allylic oxidation sites excluding steroid dienone is 2. The number of fused-ring (bicyclic) bond motifs is 2. The molecule has 3 aromatic rings. The van der Waals surface area contributed by atoms with Crippen LogP contribution in [-0.4, -0.2) is 47.5 Å². The molecule has 0 fully saturated rings. The number of rotatable bonds is 5. The van der Waals surface area contributed by atoms with Crippen LogP contribution in [0.4, 0.5) is 0 Å². The molecule has 0 unspecified atom stereocenters. The fourth-order valence-corrected chi connectivity index (χ4v) is 4.58. The fraction of sp³-hybridized carbons (Fsp3) is 0.414. The first-order valence-corrected chi connectivity index (χ1v) is 12.2. The summed E-state index contributed by atoms with van der Waals surface area (Å²) >= 11 is 0. The largest absolute Gasteiger partial charge is 0.496 e. The summed E-state index contributed by atoms with van der Waals surface area (Å²) in [7, 11) is 7.03. The van der Waals surface area contributed by atoms with Gasteiger partial charge in [-0.1, -0.05) is 18.2 Å². The summed E-state index contributed by atoms with van der Waals surface area (Å²) in [5.41, 5.74) is 5.31. The number of methoxy groups -OCH3 is 1. The normalized spacial score (nSPS) is 14.3. The molecule has 1 aromatic heterocycles. The van der Waals surface area contributed by atoms with E-state index in [1.165, 1.54) is 5.56 Å². The maximum atomic E-state index is 13.4. The van der Waals surface area contributed by atoms with Crippen molar-refractivity contribution < 1.29 is 19.1 Å². The van der Waals surface area contributed by atoms with Gasteiger partial charge in [0, 0.05) is 37.8 Å². The number of carbonyl (C=O) groups is 2. The van der Waals surface area contributed by atoms with Crippen molar-refractivity contribution in [1.82, 2.24) is 14.5 Å². The smallest absolute Gasteiger partial charge is 0.316 e. The maximum Gasteiger partial charge on any atom is 0.316 e. The quantitative estimate of drug-likeness (QED) is 0.368. The van der Waals surface area contributed by atoms with Gasteiger partial charge in [-0.25, -0.2) is 4.98 Å². The van der Waals surface area contributed by atoms with Crippen LogP contribution >= 0.6 is 0 Å². The third-order valence-corrected chi connectivity index (χ3v) is 6.77. The summed E-state index contributed by atoms with van der Waals surface area (Å²) in [6.07, 6.45) is 4.37. The molecular formula is C29H35N3O4. The zero-order valence-corrected chi connectivity index (χ0v) is 22.5. The summed E-state index contributed by atoms with van der Waals surface area (Å²) in [6.45, 7) is 7.34. The van der Waals surface area contributed by atoms with E-state index in [0.717, 1.165) is 41.1 Å². The van der Waals surface area contributed by atoms with Crippen molar-refractivity contribution in [3.63, 3.8) is 0 Å². The number of hydrogen-bond donors (Lipinski definition) is 0. The summed E-state index contributed by atoms with van der Waals surface area (Å²) in [5.74, 6) is 1.45. The van der Waals surface area contributed by atoms with Gasteiger partial charge < -0.3 is 18.9 Å². The van der Waals surface area contributed by atoms with Crippen LogP contribution in [0.1, 0.15) is 60.1 Å². The predicted octanol–water partition coefficient (Wildman–Crippen LogP) is 5.12. The third-order valence-electron chi connectivity index (χ3n) is 6.77. The molecule has 7 heteroatoms. The van der Waals surface area contributed by atoms with E-state index in [2.05, 4.69) is 12.1 Å². The van der Waals surface area contributed by atoms with Crippen LogP contribution in [0.5, 0.6) is 11.5 Å². The zero-order valence-electron chi connectivity index (χ0n) is 22.5. The highest BCUT2D eigenvalue weighted by molar-refractivity contribution is 6.02. The molecule has 0 bridgehead atoms. The van der Waals surface area contributed by atoms with E-state index >= 15 is 0 Å². The van der Waals surface area contributed by atoms with Gasteiger partial charge in [0.25, 0.3) is 5.91 Å². The van der Waals surface area contributed by atoms with Crippen molar-refractivity contribution in [1.29, 1.82) is 0 Å². The van der Waals surface area contributed by atoms with Gasteiger partial charge in [0.05, 0.1) is 18.0 Å². The molecule has 0 N–H and O–H groups in total. The molecule has 0 spiro atoms. The minimum Gasteiger partial charge on any atom is -0.496 e. The molecule has 0 saturated carbocycles. The predicted molar refractivity (Wildman–Crippen MR) is 142 cm³/mol. The molecule has 1 amide bonds. The number of aromatic nitrogens is 2. The highest BCUT2D eigenvalue weighted by Crippen LogP contribution is 2.40. The molecular weight excluding hydrogens is 454 g/mol.